The van der Waals surface area contributed by atoms with E-state index in [9.17, 15) is 0 Å². The molecule has 0 aromatic carbocycles. The van der Waals surface area contributed by atoms with Crippen molar-refractivity contribution in [1.29, 1.82) is 0 Å². The SMILES string of the molecule is Nc1cc(CC(N)c2cccnc2)ccn1. The van der Waals surface area contributed by atoms with Crippen LogP contribution in [0.5, 0.6) is 0 Å². The number of nitrogen functional groups attached to an aromatic ring is 1. The van der Waals surface area contributed by atoms with E-state index in [-0.39, 0.29) is 6.04 Å². The summed E-state index contributed by atoms with van der Waals surface area (Å²) in [6.07, 6.45) is 5.95. The maximum Gasteiger partial charge on any atom is 0.123 e. The summed E-state index contributed by atoms with van der Waals surface area (Å²) in [4.78, 5) is 7.99. The number of rotatable bonds is 3. The highest BCUT2D eigenvalue weighted by atomic mass is 14.8. The molecule has 2 rings (SSSR count). The first-order valence-electron chi connectivity index (χ1n) is 5.11. The van der Waals surface area contributed by atoms with Crippen LogP contribution in [0.3, 0.4) is 0 Å². The molecule has 0 spiro atoms. The van der Waals surface area contributed by atoms with E-state index in [2.05, 4.69) is 9.97 Å². The van der Waals surface area contributed by atoms with E-state index in [1.807, 2.05) is 24.3 Å². The second-order valence-corrected chi connectivity index (χ2v) is 3.69. The predicted molar refractivity (Wildman–Crippen MR) is 63.5 cm³/mol. The molecule has 0 saturated carbocycles. The molecule has 4 N–H and O–H groups in total. The van der Waals surface area contributed by atoms with Crippen molar-refractivity contribution in [3.8, 4) is 0 Å². The summed E-state index contributed by atoms with van der Waals surface area (Å²) < 4.78 is 0. The third-order valence-electron chi connectivity index (χ3n) is 2.41. The van der Waals surface area contributed by atoms with E-state index in [1.165, 1.54) is 0 Å². The van der Waals surface area contributed by atoms with E-state index in [0.29, 0.717) is 5.82 Å². The molecule has 0 saturated heterocycles. The first-order chi connectivity index (χ1) is 7.75. The summed E-state index contributed by atoms with van der Waals surface area (Å²) in [5.74, 6) is 0.524. The fourth-order valence-electron chi connectivity index (χ4n) is 1.59. The lowest BCUT2D eigenvalue weighted by Crippen LogP contribution is -2.13. The average Bonchev–Trinajstić information content (AvgIpc) is 2.30. The van der Waals surface area contributed by atoms with Crippen LogP contribution in [0.4, 0.5) is 5.82 Å². The molecule has 0 radical (unpaired) electrons. The summed E-state index contributed by atoms with van der Waals surface area (Å²) in [7, 11) is 0. The highest BCUT2D eigenvalue weighted by molar-refractivity contribution is 5.32. The Bertz CT molecular complexity index is 456. The standard InChI is InChI=1S/C12H14N4/c13-11(10-2-1-4-15-8-10)6-9-3-5-16-12(14)7-9/h1-5,7-8,11H,6,13H2,(H2,14,16). The van der Waals surface area contributed by atoms with Crippen LogP contribution < -0.4 is 11.5 Å². The molecule has 4 heteroatoms. The van der Waals surface area contributed by atoms with Gasteiger partial charge in [-0.3, -0.25) is 4.98 Å². The molecule has 16 heavy (non-hydrogen) atoms. The van der Waals surface area contributed by atoms with Gasteiger partial charge in [-0.25, -0.2) is 4.98 Å². The maximum atomic E-state index is 6.08. The Morgan fingerprint density at radius 1 is 1.25 bits per heavy atom. The van der Waals surface area contributed by atoms with Gasteiger partial charge in [0.15, 0.2) is 0 Å². The van der Waals surface area contributed by atoms with Crippen LogP contribution in [-0.4, -0.2) is 9.97 Å². The molecule has 2 aromatic heterocycles. The van der Waals surface area contributed by atoms with Gasteiger partial charge in [-0.05, 0) is 35.7 Å². The van der Waals surface area contributed by atoms with Crippen molar-refractivity contribution in [3.05, 3.63) is 54.0 Å². The zero-order chi connectivity index (χ0) is 11.4. The first-order valence-corrected chi connectivity index (χ1v) is 5.11. The van der Waals surface area contributed by atoms with Gasteiger partial charge >= 0.3 is 0 Å². The largest absolute Gasteiger partial charge is 0.384 e. The Morgan fingerprint density at radius 2 is 2.12 bits per heavy atom. The lowest BCUT2D eigenvalue weighted by atomic mass is 10.0. The molecule has 0 amide bonds. The quantitative estimate of drug-likeness (QED) is 0.807. The third-order valence-corrected chi connectivity index (χ3v) is 2.41. The summed E-state index contributed by atoms with van der Waals surface area (Å²) >= 11 is 0. The minimum absolute atomic E-state index is 0.0597. The van der Waals surface area contributed by atoms with E-state index in [4.69, 9.17) is 11.5 Å². The third kappa shape index (κ3) is 2.55. The molecule has 0 bridgehead atoms. The molecule has 1 atom stereocenters. The Morgan fingerprint density at radius 3 is 2.81 bits per heavy atom. The zero-order valence-electron chi connectivity index (χ0n) is 8.88. The van der Waals surface area contributed by atoms with Crippen molar-refractivity contribution in [2.24, 2.45) is 5.73 Å². The lowest BCUT2D eigenvalue weighted by molar-refractivity contribution is 0.717. The van der Waals surface area contributed by atoms with Crippen molar-refractivity contribution in [2.45, 2.75) is 12.5 Å². The normalized spacial score (nSPS) is 12.3. The monoisotopic (exact) mass is 214 g/mol. The van der Waals surface area contributed by atoms with Crippen LogP contribution in [-0.2, 0) is 6.42 Å². The van der Waals surface area contributed by atoms with Gasteiger partial charge in [0.1, 0.15) is 5.82 Å². The van der Waals surface area contributed by atoms with Crippen LogP contribution in [0.25, 0.3) is 0 Å². The molecule has 0 fully saturated rings. The first kappa shape index (κ1) is 10.6. The molecule has 4 nitrogen and oxygen atoms in total. The Hall–Kier alpha value is -1.94. The molecule has 1 unspecified atom stereocenters. The summed E-state index contributed by atoms with van der Waals surface area (Å²) in [5.41, 5.74) is 13.8. The topological polar surface area (TPSA) is 77.8 Å². The summed E-state index contributed by atoms with van der Waals surface area (Å²) in [6, 6.07) is 7.57. The summed E-state index contributed by atoms with van der Waals surface area (Å²) in [6.45, 7) is 0. The van der Waals surface area contributed by atoms with Gasteiger partial charge in [0.25, 0.3) is 0 Å². The van der Waals surface area contributed by atoms with Gasteiger partial charge in [0.2, 0.25) is 0 Å². The lowest BCUT2D eigenvalue weighted by Gasteiger charge is -2.11. The van der Waals surface area contributed by atoms with Gasteiger partial charge in [-0.15, -0.1) is 0 Å². The smallest absolute Gasteiger partial charge is 0.123 e. The number of hydrogen-bond acceptors (Lipinski definition) is 4. The molecule has 0 aliphatic rings. The number of nitrogens with two attached hydrogens (primary N) is 2. The van der Waals surface area contributed by atoms with E-state index < -0.39 is 0 Å². The molecule has 0 aliphatic heterocycles. The van der Waals surface area contributed by atoms with Gasteiger partial charge in [0.05, 0.1) is 0 Å². The molecule has 2 heterocycles. The minimum Gasteiger partial charge on any atom is -0.384 e. The van der Waals surface area contributed by atoms with Crippen molar-refractivity contribution in [3.63, 3.8) is 0 Å². The van der Waals surface area contributed by atoms with Crippen molar-refractivity contribution < 1.29 is 0 Å². The minimum atomic E-state index is -0.0597. The Kier molecular flexibility index (Phi) is 3.12. The van der Waals surface area contributed by atoms with E-state index >= 15 is 0 Å². The van der Waals surface area contributed by atoms with Crippen LogP contribution in [0.2, 0.25) is 0 Å². The highest BCUT2D eigenvalue weighted by Crippen LogP contribution is 2.15. The van der Waals surface area contributed by atoms with Gasteiger partial charge in [-0.2, -0.15) is 0 Å². The van der Waals surface area contributed by atoms with Gasteiger partial charge in [0, 0.05) is 24.6 Å². The second kappa shape index (κ2) is 4.72. The maximum absolute atomic E-state index is 6.08. The molecule has 2 aromatic rings. The number of hydrogen-bond donors (Lipinski definition) is 2. The average molecular weight is 214 g/mol. The number of aromatic nitrogens is 2. The molecule has 82 valence electrons. The molecular weight excluding hydrogens is 200 g/mol. The van der Waals surface area contributed by atoms with Crippen molar-refractivity contribution >= 4 is 5.82 Å². The van der Waals surface area contributed by atoms with Crippen molar-refractivity contribution in [2.75, 3.05) is 5.73 Å². The fourth-order valence-corrected chi connectivity index (χ4v) is 1.59. The summed E-state index contributed by atoms with van der Waals surface area (Å²) in [5, 5.41) is 0. The Labute approximate surface area is 94.3 Å². The van der Waals surface area contributed by atoms with Gasteiger partial charge < -0.3 is 11.5 Å². The Balaban J connectivity index is 2.11. The second-order valence-electron chi connectivity index (χ2n) is 3.69. The highest BCUT2D eigenvalue weighted by Gasteiger charge is 2.07. The zero-order valence-corrected chi connectivity index (χ0v) is 8.88. The number of pyridine rings is 2. The van der Waals surface area contributed by atoms with Crippen LogP contribution in [0.1, 0.15) is 17.2 Å². The van der Waals surface area contributed by atoms with Crippen LogP contribution >= 0.6 is 0 Å². The molecular formula is C12H14N4. The van der Waals surface area contributed by atoms with E-state index in [0.717, 1.165) is 17.5 Å². The van der Waals surface area contributed by atoms with Crippen molar-refractivity contribution in [1.82, 2.24) is 9.97 Å². The van der Waals surface area contributed by atoms with Gasteiger partial charge in [-0.1, -0.05) is 6.07 Å². The van der Waals surface area contributed by atoms with E-state index in [1.54, 1.807) is 18.6 Å². The fraction of sp³-hybridized carbons (Fsp3) is 0.167. The number of anilines is 1. The van der Waals surface area contributed by atoms with Crippen LogP contribution in [0, 0.1) is 0 Å². The van der Waals surface area contributed by atoms with Crippen LogP contribution in [0.15, 0.2) is 42.9 Å². The predicted octanol–water partition coefficient (Wildman–Crippen LogP) is 1.30. The number of nitrogens with zero attached hydrogens (tertiary/aromatic N) is 2. The molecule has 0 aliphatic carbocycles.